The maximum Gasteiger partial charge on any atom is 0.305 e. The minimum atomic E-state index is -1.31. The second kappa shape index (κ2) is 15.0. The van der Waals surface area contributed by atoms with Gasteiger partial charge in [-0.15, -0.1) is 0 Å². The highest BCUT2D eigenvalue weighted by Crippen LogP contribution is 2.27. The molecule has 2 atom stereocenters. The zero-order valence-electron chi connectivity index (χ0n) is 21.5. The van der Waals surface area contributed by atoms with E-state index in [-0.39, 0.29) is 29.7 Å². The van der Waals surface area contributed by atoms with Crippen LogP contribution in [-0.2, 0) is 23.9 Å². The third-order valence-electron chi connectivity index (χ3n) is 5.96. The molecule has 0 bridgehead atoms. The fourth-order valence-electron chi connectivity index (χ4n) is 4.12. The monoisotopic (exact) mass is 472 g/mol. The molecule has 0 aromatic heterocycles. The van der Waals surface area contributed by atoms with Gasteiger partial charge in [0.2, 0.25) is 5.54 Å². The molecule has 33 heavy (non-hydrogen) atoms. The molecular formula is C24H44N2O7. The first-order valence-electron chi connectivity index (χ1n) is 12.0. The van der Waals surface area contributed by atoms with Gasteiger partial charge in [-0.25, -0.2) is 0 Å². The topological polar surface area (TPSA) is 125 Å². The Labute approximate surface area is 198 Å². The maximum atomic E-state index is 11.5. The van der Waals surface area contributed by atoms with E-state index < -0.39 is 16.4 Å². The molecule has 2 unspecified atom stereocenters. The summed E-state index contributed by atoms with van der Waals surface area (Å²) in [6.45, 7) is 14.2. The van der Waals surface area contributed by atoms with Gasteiger partial charge in [0.25, 0.3) is 0 Å². The Bertz CT molecular complexity index is 647. The van der Waals surface area contributed by atoms with Crippen LogP contribution in [0.15, 0.2) is 0 Å². The predicted molar refractivity (Wildman–Crippen MR) is 126 cm³/mol. The molecule has 192 valence electrons. The maximum absolute atomic E-state index is 11.5. The van der Waals surface area contributed by atoms with Crippen LogP contribution in [0, 0.1) is 22.0 Å². The minimum absolute atomic E-state index is 0.0530. The first-order valence-corrected chi connectivity index (χ1v) is 12.0. The summed E-state index contributed by atoms with van der Waals surface area (Å²) in [6.07, 6.45) is 4.81. The van der Waals surface area contributed by atoms with E-state index in [0.717, 1.165) is 25.3 Å². The number of rotatable bonds is 13. The number of esters is 2. The molecule has 1 saturated heterocycles. The normalized spacial score (nSPS) is 18.0. The van der Waals surface area contributed by atoms with Crippen LogP contribution < -0.4 is 5.32 Å². The summed E-state index contributed by atoms with van der Waals surface area (Å²) in [5, 5.41) is 14.4. The molecule has 1 heterocycles. The molecule has 0 aromatic carbocycles. The lowest BCUT2D eigenvalue weighted by Gasteiger charge is -2.24. The van der Waals surface area contributed by atoms with Gasteiger partial charge >= 0.3 is 11.9 Å². The van der Waals surface area contributed by atoms with Crippen molar-refractivity contribution in [3.05, 3.63) is 10.1 Å². The van der Waals surface area contributed by atoms with Gasteiger partial charge < -0.3 is 14.8 Å². The molecule has 1 aliphatic rings. The van der Waals surface area contributed by atoms with Gasteiger partial charge in [0, 0.05) is 37.2 Å². The number of Topliss-reactive ketones (excluding diaryl/α,β-unsaturated/α-hetero) is 1. The average molecular weight is 473 g/mol. The zero-order valence-corrected chi connectivity index (χ0v) is 21.5. The van der Waals surface area contributed by atoms with Crippen LogP contribution in [0.1, 0.15) is 93.4 Å². The van der Waals surface area contributed by atoms with Gasteiger partial charge in [0.05, 0.1) is 19.1 Å². The number of hydrogen-bond acceptors (Lipinski definition) is 8. The summed E-state index contributed by atoms with van der Waals surface area (Å²) in [5.74, 6) is -0.557. The smallest absolute Gasteiger partial charge is 0.305 e. The molecular weight excluding hydrogens is 428 g/mol. The standard InChI is InChI=1S/C12H21NO5.C12H23NO2/c1-5-18-11(15)8-6-7-10(9(2)14)12(3,4)13(16)17;1-4-15-11(14)7-5-6-10-8-12(2,3)13-9-10/h10H,5-8H2,1-4H3;10,13H,4-9H2,1-3H3. The molecule has 1 rings (SSSR count). The molecule has 9 nitrogen and oxygen atoms in total. The number of nitrogens with one attached hydrogen (secondary N) is 1. The van der Waals surface area contributed by atoms with E-state index in [9.17, 15) is 24.5 Å². The van der Waals surface area contributed by atoms with Crippen molar-refractivity contribution in [1.82, 2.24) is 5.32 Å². The van der Waals surface area contributed by atoms with Gasteiger partial charge in [0.1, 0.15) is 5.78 Å². The Morgan fingerprint density at radius 2 is 1.61 bits per heavy atom. The minimum Gasteiger partial charge on any atom is -0.466 e. The number of nitrogens with zero attached hydrogens (tertiary/aromatic N) is 1. The summed E-state index contributed by atoms with van der Waals surface area (Å²) in [5.41, 5.74) is -1.02. The van der Waals surface area contributed by atoms with Crippen LogP contribution >= 0.6 is 0 Å². The van der Waals surface area contributed by atoms with Gasteiger partial charge in [-0.3, -0.25) is 24.5 Å². The second-order valence-electron chi connectivity index (χ2n) is 9.80. The van der Waals surface area contributed by atoms with Gasteiger partial charge in [-0.2, -0.15) is 0 Å². The van der Waals surface area contributed by atoms with E-state index in [0.29, 0.717) is 32.5 Å². The summed E-state index contributed by atoms with van der Waals surface area (Å²) >= 11 is 0. The highest BCUT2D eigenvalue weighted by atomic mass is 16.6. The van der Waals surface area contributed by atoms with Crippen LogP contribution in [0.4, 0.5) is 0 Å². The number of nitro groups is 1. The summed E-state index contributed by atoms with van der Waals surface area (Å²) < 4.78 is 9.65. The molecule has 1 aliphatic heterocycles. The van der Waals surface area contributed by atoms with Crippen LogP contribution in [0.2, 0.25) is 0 Å². The predicted octanol–water partition coefficient (Wildman–Crippen LogP) is 4.09. The van der Waals surface area contributed by atoms with Crippen LogP contribution in [-0.4, -0.2) is 53.5 Å². The van der Waals surface area contributed by atoms with Gasteiger partial charge in [0.15, 0.2) is 0 Å². The molecule has 0 aromatic rings. The quantitative estimate of drug-likeness (QED) is 0.241. The SMILES string of the molecule is CCOC(=O)CCCC(C(C)=O)C(C)(C)[N+](=O)[O-].CCOC(=O)CCCC1CNC(C)(C)C1. The second-order valence-corrected chi connectivity index (χ2v) is 9.80. The van der Waals surface area contributed by atoms with E-state index >= 15 is 0 Å². The number of hydrogen-bond donors (Lipinski definition) is 1. The number of ether oxygens (including phenoxy) is 2. The van der Waals surface area contributed by atoms with Crippen LogP contribution in [0.5, 0.6) is 0 Å². The highest BCUT2D eigenvalue weighted by Gasteiger charge is 2.43. The first-order chi connectivity index (χ1) is 15.3. The van der Waals surface area contributed by atoms with Crippen molar-refractivity contribution in [3.63, 3.8) is 0 Å². The largest absolute Gasteiger partial charge is 0.466 e. The molecule has 0 saturated carbocycles. The van der Waals surface area contributed by atoms with Crippen molar-refractivity contribution in [1.29, 1.82) is 0 Å². The number of carbonyl (C=O) groups is 3. The fraction of sp³-hybridized carbons (Fsp3) is 0.875. The Morgan fingerprint density at radius 3 is 2.00 bits per heavy atom. The Balaban J connectivity index is 0.000000629. The zero-order chi connectivity index (χ0) is 25.7. The lowest BCUT2D eigenvalue weighted by atomic mass is 9.81. The molecule has 9 heteroatoms. The molecule has 1 fully saturated rings. The molecule has 0 amide bonds. The Hall–Kier alpha value is -2.03. The summed E-state index contributed by atoms with van der Waals surface area (Å²) in [6, 6.07) is 0. The Morgan fingerprint density at radius 1 is 1.09 bits per heavy atom. The van der Waals surface area contributed by atoms with E-state index in [2.05, 4.69) is 19.2 Å². The summed E-state index contributed by atoms with van der Waals surface area (Å²) in [4.78, 5) is 44.2. The third kappa shape index (κ3) is 12.7. The molecule has 0 aliphatic carbocycles. The van der Waals surface area contributed by atoms with Crippen LogP contribution in [0.25, 0.3) is 0 Å². The van der Waals surface area contributed by atoms with E-state index in [4.69, 9.17) is 9.47 Å². The van der Waals surface area contributed by atoms with E-state index in [1.165, 1.54) is 27.2 Å². The van der Waals surface area contributed by atoms with Crippen LogP contribution in [0.3, 0.4) is 0 Å². The number of ketones is 1. The number of carbonyl (C=O) groups excluding carboxylic acids is 3. The molecule has 1 N–H and O–H groups in total. The van der Waals surface area contributed by atoms with Crippen molar-refractivity contribution in [2.75, 3.05) is 19.8 Å². The van der Waals surface area contributed by atoms with Crippen molar-refractivity contribution in [2.45, 2.75) is 104 Å². The fourth-order valence-corrected chi connectivity index (χ4v) is 4.12. The molecule has 0 spiro atoms. The van der Waals surface area contributed by atoms with E-state index in [1.54, 1.807) is 6.92 Å². The third-order valence-corrected chi connectivity index (χ3v) is 5.96. The first kappa shape index (κ1) is 31.0. The van der Waals surface area contributed by atoms with Crippen molar-refractivity contribution < 1.29 is 28.8 Å². The van der Waals surface area contributed by atoms with Crippen molar-refractivity contribution in [3.8, 4) is 0 Å². The average Bonchev–Trinajstić information content (AvgIpc) is 3.04. The van der Waals surface area contributed by atoms with Crippen molar-refractivity contribution in [2.24, 2.45) is 11.8 Å². The highest BCUT2D eigenvalue weighted by molar-refractivity contribution is 5.79. The van der Waals surface area contributed by atoms with Gasteiger partial charge in [-0.05, 0) is 79.2 Å². The van der Waals surface area contributed by atoms with E-state index in [1.807, 2.05) is 6.92 Å². The lowest BCUT2D eigenvalue weighted by molar-refractivity contribution is -0.568. The Kier molecular flexibility index (Phi) is 14.1. The van der Waals surface area contributed by atoms with Gasteiger partial charge in [-0.1, -0.05) is 0 Å². The van der Waals surface area contributed by atoms with Crippen molar-refractivity contribution >= 4 is 17.7 Å². The molecule has 0 radical (unpaired) electrons. The lowest BCUT2D eigenvalue weighted by Crippen LogP contribution is -2.43. The summed E-state index contributed by atoms with van der Waals surface area (Å²) in [7, 11) is 0.